The van der Waals surface area contributed by atoms with Crippen LogP contribution in [-0.2, 0) is 4.79 Å². The van der Waals surface area contributed by atoms with Gasteiger partial charge in [0.1, 0.15) is 0 Å². The second kappa shape index (κ2) is 7.13. The molecule has 0 fully saturated rings. The van der Waals surface area contributed by atoms with E-state index in [1.807, 2.05) is 13.8 Å². The number of carbonyl (C=O) groups excluding carboxylic acids is 1. The van der Waals surface area contributed by atoms with Crippen LogP contribution >= 0.6 is 0 Å². The molecule has 3 heteroatoms. The summed E-state index contributed by atoms with van der Waals surface area (Å²) in [5.41, 5.74) is 0.139. The first-order chi connectivity index (χ1) is 8.08. The molecule has 0 spiro atoms. The Morgan fingerprint density at radius 3 is 2.22 bits per heavy atom. The van der Waals surface area contributed by atoms with E-state index < -0.39 is 0 Å². The Morgan fingerprint density at radius 2 is 1.78 bits per heavy atom. The summed E-state index contributed by atoms with van der Waals surface area (Å²) in [6.07, 6.45) is 2.44. The number of hydrogen-bond acceptors (Lipinski definition) is 2. The third-order valence-electron chi connectivity index (χ3n) is 3.75. The molecule has 0 aromatic rings. The molecule has 0 heterocycles. The number of aliphatic hydroxyl groups excluding tert-OH is 1. The van der Waals surface area contributed by atoms with Gasteiger partial charge in [-0.1, -0.05) is 41.5 Å². The standard InChI is InChI=1S/C15H31NO2/c1-12(14(2,3)4)10-13(18)16-9-7-8-15(5,6)11-17/h12,17H,7-11H2,1-6H3,(H,16,18). The SMILES string of the molecule is CC(CC(=O)NCCCC(C)(C)CO)C(C)(C)C. The van der Waals surface area contributed by atoms with Crippen LogP contribution in [0.5, 0.6) is 0 Å². The van der Waals surface area contributed by atoms with Gasteiger partial charge in [0.25, 0.3) is 0 Å². The summed E-state index contributed by atoms with van der Waals surface area (Å²) in [5, 5.41) is 12.1. The zero-order valence-electron chi connectivity index (χ0n) is 13.0. The van der Waals surface area contributed by atoms with Gasteiger partial charge in [0.15, 0.2) is 0 Å². The van der Waals surface area contributed by atoms with Crippen molar-refractivity contribution in [3.05, 3.63) is 0 Å². The lowest BCUT2D eigenvalue weighted by molar-refractivity contribution is -0.122. The van der Waals surface area contributed by atoms with Gasteiger partial charge in [0.05, 0.1) is 0 Å². The normalized spacial score (nSPS) is 14.4. The largest absolute Gasteiger partial charge is 0.396 e. The number of nitrogens with one attached hydrogen (secondary N) is 1. The fourth-order valence-corrected chi connectivity index (χ4v) is 1.53. The molecule has 0 bridgehead atoms. The number of amides is 1. The first-order valence-corrected chi connectivity index (χ1v) is 6.96. The molecule has 2 N–H and O–H groups in total. The van der Waals surface area contributed by atoms with Gasteiger partial charge in [0, 0.05) is 19.6 Å². The summed E-state index contributed by atoms with van der Waals surface area (Å²) in [6.45, 7) is 13.6. The van der Waals surface area contributed by atoms with Crippen molar-refractivity contribution >= 4 is 5.91 Å². The summed E-state index contributed by atoms with van der Waals surface area (Å²) in [6, 6.07) is 0. The minimum absolute atomic E-state index is 0.0383. The van der Waals surface area contributed by atoms with E-state index in [1.165, 1.54) is 0 Å². The summed E-state index contributed by atoms with van der Waals surface area (Å²) in [5.74, 6) is 0.519. The molecule has 0 radical (unpaired) electrons. The van der Waals surface area contributed by atoms with Crippen LogP contribution in [0.1, 0.15) is 60.8 Å². The van der Waals surface area contributed by atoms with Crippen LogP contribution < -0.4 is 5.32 Å². The van der Waals surface area contributed by atoms with Crippen molar-refractivity contribution in [2.45, 2.75) is 60.8 Å². The Hall–Kier alpha value is -0.570. The smallest absolute Gasteiger partial charge is 0.220 e. The summed E-state index contributed by atoms with van der Waals surface area (Å²) < 4.78 is 0. The Labute approximate surface area is 112 Å². The van der Waals surface area contributed by atoms with Crippen molar-refractivity contribution < 1.29 is 9.90 Å². The number of carbonyl (C=O) groups is 1. The van der Waals surface area contributed by atoms with E-state index in [0.29, 0.717) is 18.9 Å². The van der Waals surface area contributed by atoms with E-state index in [1.54, 1.807) is 0 Å². The highest BCUT2D eigenvalue weighted by atomic mass is 16.3. The minimum atomic E-state index is -0.0383. The van der Waals surface area contributed by atoms with E-state index in [-0.39, 0.29) is 23.3 Å². The highest BCUT2D eigenvalue weighted by Gasteiger charge is 2.22. The van der Waals surface area contributed by atoms with Crippen LogP contribution in [0, 0.1) is 16.7 Å². The monoisotopic (exact) mass is 257 g/mol. The molecule has 18 heavy (non-hydrogen) atoms. The van der Waals surface area contributed by atoms with E-state index in [2.05, 4.69) is 33.0 Å². The van der Waals surface area contributed by atoms with Crippen molar-refractivity contribution in [3.63, 3.8) is 0 Å². The van der Waals surface area contributed by atoms with Crippen LogP contribution in [-0.4, -0.2) is 24.2 Å². The number of hydrogen-bond donors (Lipinski definition) is 2. The Balaban J connectivity index is 3.79. The summed E-state index contributed by atoms with van der Waals surface area (Å²) >= 11 is 0. The topological polar surface area (TPSA) is 49.3 Å². The fourth-order valence-electron chi connectivity index (χ4n) is 1.53. The average molecular weight is 257 g/mol. The molecule has 0 saturated heterocycles. The van der Waals surface area contributed by atoms with Crippen LogP contribution in [0.25, 0.3) is 0 Å². The molecule has 0 aliphatic carbocycles. The molecule has 0 aromatic carbocycles. The maximum absolute atomic E-state index is 11.7. The molecule has 0 saturated carbocycles. The third kappa shape index (κ3) is 7.70. The van der Waals surface area contributed by atoms with E-state index in [4.69, 9.17) is 5.11 Å². The van der Waals surface area contributed by atoms with Gasteiger partial charge in [-0.15, -0.1) is 0 Å². The van der Waals surface area contributed by atoms with Crippen LogP contribution in [0.15, 0.2) is 0 Å². The Bertz CT molecular complexity index is 254. The predicted molar refractivity (Wildman–Crippen MR) is 76.3 cm³/mol. The Kier molecular flexibility index (Phi) is 6.90. The highest BCUT2D eigenvalue weighted by molar-refractivity contribution is 5.76. The maximum Gasteiger partial charge on any atom is 0.220 e. The molecule has 0 aromatic heterocycles. The molecule has 1 atom stereocenters. The Morgan fingerprint density at radius 1 is 1.22 bits per heavy atom. The van der Waals surface area contributed by atoms with Gasteiger partial charge in [-0.2, -0.15) is 0 Å². The van der Waals surface area contributed by atoms with Gasteiger partial charge in [0.2, 0.25) is 5.91 Å². The quantitative estimate of drug-likeness (QED) is 0.689. The predicted octanol–water partition coefficient (Wildman–Crippen LogP) is 2.97. The van der Waals surface area contributed by atoms with Crippen molar-refractivity contribution in [2.75, 3.05) is 13.2 Å². The first-order valence-electron chi connectivity index (χ1n) is 6.96. The van der Waals surface area contributed by atoms with Crippen molar-refractivity contribution in [1.82, 2.24) is 5.32 Å². The molecule has 1 amide bonds. The average Bonchev–Trinajstić information content (AvgIpc) is 2.23. The number of rotatable bonds is 7. The lowest BCUT2D eigenvalue weighted by Gasteiger charge is -2.26. The van der Waals surface area contributed by atoms with E-state index in [9.17, 15) is 4.79 Å². The minimum Gasteiger partial charge on any atom is -0.396 e. The van der Waals surface area contributed by atoms with E-state index >= 15 is 0 Å². The third-order valence-corrected chi connectivity index (χ3v) is 3.75. The molecule has 1 unspecified atom stereocenters. The summed E-state index contributed by atoms with van der Waals surface area (Å²) in [7, 11) is 0. The van der Waals surface area contributed by atoms with Crippen LogP contribution in [0.3, 0.4) is 0 Å². The summed E-state index contributed by atoms with van der Waals surface area (Å²) in [4.78, 5) is 11.7. The van der Waals surface area contributed by atoms with Gasteiger partial charge in [-0.05, 0) is 29.6 Å². The molecular weight excluding hydrogens is 226 g/mol. The first kappa shape index (κ1) is 17.4. The van der Waals surface area contributed by atoms with Gasteiger partial charge < -0.3 is 10.4 Å². The van der Waals surface area contributed by atoms with Crippen molar-refractivity contribution in [2.24, 2.45) is 16.7 Å². The van der Waals surface area contributed by atoms with Crippen molar-refractivity contribution in [3.8, 4) is 0 Å². The second-order valence-electron chi connectivity index (χ2n) is 7.25. The lowest BCUT2D eigenvalue weighted by atomic mass is 9.80. The zero-order chi connectivity index (χ0) is 14.4. The maximum atomic E-state index is 11.7. The van der Waals surface area contributed by atoms with Crippen LogP contribution in [0.4, 0.5) is 0 Å². The highest BCUT2D eigenvalue weighted by Crippen LogP contribution is 2.27. The van der Waals surface area contributed by atoms with Crippen molar-refractivity contribution in [1.29, 1.82) is 0 Å². The molecule has 0 rings (SSSR count). The molecule has 3 nitrogen and oxygen atoms in total. The number of aliphatic hydroxyl groups is 1. The second-order valence-corrected chi connectivity index (χ2v) is 7.25. The lowest BCUT2D eigenvalue weighted by Crippen LogP contribution is -2.30. The zero-order valence-corrected chi connectivity index (χ0v) is 13.0. The molecule has 0 aliphatic rings. The van der Waals surface area contributed by atoms with Crippen LogP contribution in [0.2, 0.25) is 0 Å². The molecule has 108 valence electrons. The van der Waals surface area contributed by atoms with Gasteiger partial charge >= 0.3 is 0 Å². The molecule has 0 aliphatic heterocycles. The molecular formula is C15H31NO2. The van der Waals surface area contributed by atoms with Gasteiger partial charge in [-0.25, -0.2) is 0 Å². The van der Waals surface area contributed by atoms with E-state index in [0.717, 1.165) is 12.8 Å². The van der Waals surface area contributed by atoms with Gasteiger partial charge in [-0.3, -0.25) is 4.79 Å². The fraction of sp³-hybridized carbons (Fsp3) is 0.933.